The van der Waals surface area contributed by atoms with Crippen LogP contribution in [0.4, 0.5) is 11.4 Å². The second-order valence-electron chi connectivity index (χ2n) is 5.76. The first kappa shape index (κ1) is 15.6. The monoisotopic (exact) mass is 293 g/mol. The fourth-order valence-electron chi connectivity index (χ4n) is 2.64. The lowest BCUT2D eigenvalue weighted by Gasteiger charge is -2.34. The van der Waals surface area contributed by atoms with Gasteiger partial charge in [0.15, 0.2) is 5.75 Å². The van der Waals surface area contributed by atoms with E-state index in [9.17, 15) is 10.1 Å². The van der Waals surface area contributed by atoms with Crippen molar-refractivity contribution >= 4 is 11.4 Å². The highest BCUT2D eigenvalue weighted by Crippen LogP contribution is 2.36. The summed E-state index contributed by atoms with van der Waals surface area (Å²) in [5.41, 5.74) is 0.725. The highest BCUT2D eigenvalue weighted by Gasteiger charge is 2.28. The van der Waals surface area contributed by atoms with Crippen molar-refractivity contribution in [2.24, 2.45) is 5.41 Å². The largest absolute Gasteiger partial charge is 0.487 e. The number of hydrogen-bond acceptors (Lipinski definition) is 5. The van der Waals surface area contributed by atoms with Crippen molar-refractivity contribution in [1.82, 2.24) is 5.32 Å². The summed E-state index contributed by atoms with van der Waals surface area (Å²) in [6.07, 6.45) is 2.14. The van der Waals surface area contributed by atoms with Gasteiger partial charge in [0.1, 0.15) is 5.69 Å². The Labute approximate surface area is 125 Å². The summed E-state index contributed by atoms with van der Waals surface area (Å²) in [5, 5.41) is 17.9. The summed E-state index contributed by atoms with van der Waals surface area (Å²) in [4.78, 5) is 10.9. The maximum absolute atomic E-state index is 11.3. The number of benzene rings is 1. The van der Waals surface area contributed by atoms with E-state index in [0.717, 1.165) is 32.5 Å². The Hall–Kier alpha value is -1.82. The molecule has 6 nitrogen and oxygen atoms in total. The molecule has 0 atom stereocenters. The number of nitrogens with one attached hydrogen (secondary N) is 2. The molecule has 1 aliphatic heterocycles. The van der Waals surface area contributed by atoms with E-state index < -0.39 is 0 Å². The summed E-state index contributed by atoms with van der Waals surface area (Å²) in [6, 6.07) is 5.16. The third-order valence-electron chi connectivity index (χ3n) is 4.00. The maximum Gasteiger partial charge on any atom is 0.333 e. The number of ether oxygens (including phenoxy) is 1. The number of piperidine rings is 1. The molecule has 116 valence electrons. The Kier molecular flexibility index (Phi) is 5.01. The lowest BCUT2D eigenvalue weighted by Crippen LogP contribution is -2.39. The lowest BCUT2D eigenvalue weighted by atomic mass is 9.81. The molecule has 1 saturated heterocycles. The van der Waals surface area contributed by atoms with Crippen molar-refractivity contribution in [3.05, 3.63) is 28.3 Å². The molecule has 0 unspecified atom stereocenters. The van der Waals surface area contributed by atoms with Crippen LogP contribution >= 0.6 is 0 Å². The van der Waals surface area contributed by atoms with Crippen LogP contribution in [0.2, 0.25) is 0 Å². The predicted molar refractivity (Wildman–Crippen MR) is 83.0 cm³/mol. The van der Waals surface area contributed by atoms with Gasteiger partial charge in [0.25, 0.3) is 0 Å². The topological polar surface area (TPSA) is 76.4 Å². The highest BCUT2D eigenvalue weighted by molar-refractivity contribution is 5.68. The average molecular weight is 293 g/mol. The van der Waals surface area contributed by atoms with E-state index in [0.29, 0.717) is 18.0 Å². The fraction of sp³-hybridized carbons (Fsp3) is 0.600. The molecule has 0 saturated carbocycles. The summed E-state index contributed by atoms with van der Waals surface area (Å²) < 4.78 is 5.36. The molecule has 0 radical (unpaired) electrons. The number of nitrogens with zero attached hydrogens (tertiary/aromatic N) is 1. The van der Waals surface area contributed by atoms with Crippen LogP contribution in [0.15, 0.2) is 18.2 Å². The van der Waals surface area contributed by atoms with Gasteiger partial charge in [-0.05, 0) is 50.4 Å². The Morgan fingerprint density at radius 2 is 2.14 bits per heavy atom. The highest BCUT2D eigenvalue weighted by atomic mass is 16.6. The van der Waals surface area contributed by atoms with Gasteiger partial charge < -0.3 is 15.4 Å². The molecule has 1 fully saturated rings. The van der Waals surface area contributed by atoms with Crippen molar-refractivity contribution in [3.63, 3.8) is 0 Å². The number of rotatable bonds is 6. The summed E-state index contributed by atoms with van der Waals surface area (Å²) >= 11 is 0. The van der Waals surface area contributed by atoms with Gasteiger partial charge in [-0.15, -0.1) is 0 Å². The van der Waals surface area contributed by atoms with Crippen LogP contribution < -0.4 is 15.4 Å². The van der Waals surface area contributed by atoms with Gasteiger partial charge in [-0.25, -0.2) is 0 Å². The van der Waals surface area contributed by atoms with Crippen LogP contribution in [0.5, 0.6) is 5.75 Å². The zero-order valence-electron chi connectivity index (χ0n) is 12.6. The Balaban J connectivity index is 2.15. The zero-order valence-corrected chi connectivity index (χ0v) is 12.6. The maximum atomic E-state index is 11.3. The summed E-state index contributed by atoms with van der Waals surface area (Å²) in [6.45, 7) is 7.18. The second kappa shape index (κ2) is 6.76. The molecule has 21 heavy (non-hydrogen) atoms. The molecule has 1 aromatic carbocycles. The van der Waals surface area contributed by atoms with E-state index >= 15 is 0 Å². The molecule has 1 heterocycles. The van der Waals surface area contributed by atoms with E-state index in [1.54, 1.807) is 18.2 Å². The van der Waals surface area contributed by atoms with E-state index in [4.69, 9.17) is 4.74 Å². The number of para-hydroxylation sites is 1. The molecule has 0 spiro atoms. The quantitative estimate of drug-likeness (QED) is 0.623. The number of nitro benzene ring substituents is 1. The smallest absolute Gasteiger partial charge is 0.333 e. The molecular weight excluding hydrogens is 270 g/mol. The van der Waals surface area contributed by atoms with Crippen LogP contribution in [0.3, 0.4) is 0 Å². The third kappa shape index (κ3) is 3.85. The minimum atomic E-state index is -0.377. The van der Waals surface area contributed by atoms with Crippen molar-refractivity contribution < 1.29 is 9.66 Å². The molecule has 0 bridgehead atoms. The van der Waals surface area contributed by atoms with E-state index in [-0.39, 0.29) is 16.0 Å². The van der Waals surface area contributed by atoms with Crippen LogP contribution in [0, 0.1) is 15.5 Å². The average Bonchev–Trinajstić information content (AvgIpc) is 2.46. The van der Waals surface area contributed by atoms with Gasteiger partial charge in [-0.3, -0.25) is 10.1 Å². The van der Waals surface area contributed by atoms with Gasteiger partial charge in [0, 0.05) is 6.54 Å². The first-order chi connectivity index (χ1) is 10.1. The van der Waals surface area contributed by atoms with Crippen LogP contribution in [0.25, 0.3) is 0 Å². The normalized spacial score (nSPS) is 17.2. The summed E-state index contributed by atoms with van der Waals surface area (Å²) in [7, 11) is 0. The van der Waals surface area contributed by atoms with Crippen molar-refractivity contribution in [2.45, 2.75) is 26.7 Å². The third-order valence-corrected chi connectivity index (χ3v) is 4.00. The van der Waals surface area contributed by atoms with Gasteiger partial charge in [0.2, 0.25) is 0 Å². The minimum Gasteiger partial charge on any atom is -0.487 e. The SMILES string of the molecule is CCOc1cccc(NCC2(C)CCNCC2)c1[N+](=O)[O-]. The molecule has 6 heteroatoms. The van der Waals surface area contributed by atoms with Crippen molar-refractivity contribution in [1.29, 1.82) is 0 Å². The lowest BCUT2D eigenvalue weighted by molar-refractivity contribution is -0.384. The standard InChI is InChI=1S/C15H23N3O3/c1-3-21-13-6-4-5-12(14(13)18(19)20)17-11-15(2)7-9-16-10-8-15/h4-6,16-17H,3,7-11H2,1-2H3. The first-order valence-electron chi connectivity index (χ1n) is 7.40. The van der Waals surface area contributed by atoms with E-state index in [1.807, 2.05) is 6.92 Å². The van der Waals surface area contributed by atoms with Gasteiger partial charge in [0.05, 0.1) is 11.5 Å². The van der Waals surface area contributed by atoms with Crippen molar-refractivity contribution in [3.8, 4) is 5.75 Å². The van der Waals surface area contributed by atoms with Crippen LogP contribution in [0.1, 0.15) is 26.7 Å². The molecule has 1 aromatic rings. The first-order valence-corrected chi connectivity index (χ1v) is 7.40. The fourth-order valence-corrected chi connectivity index (χ4v) is 2.64. The molecule has 0 amide bonds. The molecule has 1 aliphatic rings. The Morgan fingerprint density at radius 3 is 2.76 bits per heavy atom. The van der Waals surface area contributed by atoms with Crippen LogP contribution in [-0.2, 0) is 0 Å². The second-order valence-corrected chi connectivity index (χ2v) is 5.76. The molecule has 2 N–H and O–H groups in total. The Morgan fingerprint density at radius 1 is 1.43 bits per heavy atom. The molecule has 2 rings (SSSR count). The number of anilines is 1. The number of nitro groups is 1. The van der Waals surface area contributed by atoms with Crippen LogP contribution in [-0.4, -0.2) is 31.2 Å². The molecular formula is C15H23N3O3. The van der Waals surface area contributed by atoms with Gasteiger partial charge in [-0.1, -0.05) is 13.0 Å². The van der Waals surface area contributed by atoms with Gasteiger partial charge in [-0.2, -0.15) is 0 Å². The molecule has 0 aromatic heterocycles. The van der Waals surface area contributed by atoms with E-state index in [2.05, 4.69) is 17.6 Å². The van der Waals surface area contributed by atoms with Crippen molar-refractivity contribution in [2.75, 3.05) is 31.6 Å². The molecule has 0 aliphatic carbocycles. The number of hydrogen-bond donors (Lipinski definition) is 2. The Bertz CT molecular complexity index is 499. The minimum absolute atomic E-state index is 0.0249. The van der Waals surface area contributed by atoms with Gasteiger partial charge >= 0.3 is 5.69 Å². The predicted octanol–water partition coefficient (Wildman–Crippen LogP) is 2.80. The summed E-state index contributed by atoms with van der Waals surface area (Å²) in [5.74, 6) is 0.322. The zero-order chi connectivity index (χ0) is 15.3. The van der Waals surface area contributed by atoms with E-state index in [1.165, 1.54) is 0 Å².